The Morgan fingerprint density at radius 1 is 0.741 bits per heavy atom. The number of phenolic OH excluding ortho intramolecular Hbond substituents is 1. The van der Waals surface area contributed by atoms with Crippen LogP contribution in [0.3, 0.4) is 0 Å². The fourth-order valence-electron chi connectivity index (χ4n) is 10.3. The van der Waals surface area contributed by atoms with E-state index in [0.717, 1.165) is 48.3 Å². The number of amides is 5. The number of carbonyl (C=O) groups excluding carboxylic acids is 5. The van der Waals surface area contributed by atoms with E-state index in [1.807, 2.05) is 66.7 Å². The highest BCUT2D eigenvalue weighted by Crippen LogP contribution is 2.27. The maximum atomic E-state index is 14.8. The second-order valence-corrected chi connectivity index (χ2v) is 22.1. The predicted molar refractivity (Wildman–Crippen MR) is 310 cm³/mol. The molecule has 8 rings (SSSR count). The zero-order chi connectivity index (χ0) is 57.5. The average Bonchev–Trinajstić information content (AvgIpc) is 4.05. The van der Waals surface area contributed by atoms with Crippen LogP contribution in [-0.2, 0) is 53.6 Å². The summed E-state index contributed by atoms with van der Waals surface area (Å²) in [6.45, 7) is 3.31. The Bertz CT molecular complexity index is 3260. The van der Waals surface area contributed by atoms with Gasteiger partial charge in [-0.05, 0) is 121 Å². The van der Waals surface area contributed by atoms with Gasteiger partial charge in [0.25, 0.3) is 0 Å². The third-order valence-corrected chi connectivity index (χ3v) is 15.6. The number of halogens is 1. The second-order valence-electron chi connectivity index (χ2n) is 20.8. The number of hydrogen-bond donors (Lipinski definition) is 10. The number of unbranched alkanes of at least 4 members (excludes halogenated alkanes) is 1. The third-order valence-electron chi connectivity index (χ3n) is 14.8. The molecule has 2 fully saturated rings. The maximum Gasteiger partial charge on any atom is 0.332 e. The van der Waals surface area contributed by atoms with Crippen LogP contribution in [0.25, 0.3) is 22.0 Å². The van der Waals surface area contributed by atoms with Gasteiger partial charge in [-0.15, -0.1) is 3.89 Å². The van der Waals surface area contributed by atoms with E-state index < -0.39 is 64.4 Å². The number of aromatic amines is 1. The number of carbonyl (C=O) groups is 5. The minimum atomic E-state index is -4.76. The topological polar surface area (TPSA) is 313 Å². The van der Waals surface area contributed by atoms with Crippen molar-refractivity contribution in [1.82, 2.24) is 31.2 Å². The molecule has 1 saturated carbocycles. The van der Waals surface area contributed by atoms with E-state index in [9.17, 15) is 41.4 Å². The van der Waals surface area contributed by atoms with Gasteiger partial charge >= 0.3 is 10.2 Å². The number of aliphatic imine (C=N–C) groups is 1. The number of anilines is 2. The summed E-state index contributed by atoms with van der Waals surface area (Å²) in [7, 11) is -4.76. The molecule has 1 aliphatic carbocycles. The van der Waals surface area contributed by atoms with Gasteiger partial charge in [-0.25, -0.2) is 0 Å². The van der Waals surface area contributed by atoms with Crippen molar-refractivity contribution in [2.24, 2.45) is 28.1 Å². The van der Waals surface area contributed by atoms with Gasteiger partial charge in [0.2, 0.25) is 29.5 Å². The first-order valence-electron chi connectivity index (χ1n) is 27.3. The molecule has 0 unspecified atom stereocenters. The monoisotopic (exact) mass is 1130 g/mol. The van der Waals surface area contributed by atoms with Crippen LogP contribution < -0.4 is 48.7 Å². The van der Waals surface area contributed by atoms with Gasteiger partial charge in [0, 0.05) is 92.5 Å². The van der Waals surface area contributed by atoms with E-state index >= 15 is 0 Å². The minimum Gasteiger partial charge on any atom is -0.508 e. The number of rotatable bonds is 24. The number of piperazine rings is 1. The summed E-state index contributed by atoms with van der Waals surface area (Å²) >= 11 is 0. The lowest BCUT2D eigenvalue weighted by Crippen LogP contribution is -2.58. The van der Waals surface area contributed by atoms with Gasteiger partial charge in [-0.2, -0.15) is 8.42 Å². The van der Waals surface area contributed by atoms with E-state index in [-0.39, 0.29) is 54.4 Å². The number of nitrogens with two attached hydrogens (primary N) is 3. The molecule has 13 N–H and O–H groups in total. The van der Waals surface area contributed by atoms with Crippen LogP contribution >= 0.6 is 0 Å². The van der Waals surface area contributed by atoms with Gasteiger partial charge in [0.15, 0.2) is 5.96 Å². The summed E-state index contributed by atoms with van der Waals surface area (Å²) in [5.41, 5.74) is 23.7. The molecule has 2 heterocycles. The van der Waals surface area contributed by atoms with Crippen LogP contribution in [0.4, 0.5) is 15.3 Å². The van der Waals surface area contributed by atoms with Gasteiger partial charge < -0.3 is 58.8 Å². The number of hydrogen-bond acceptors (Lipinski definition) is 12. The normalized spacial score (nSPS) is 16.8. The molecule has 1 aromatic heterocycles. The maximum absolute atomic E-state index is 14.8. The van der Waals surface area contributed by atoms with Crippen molar-refractivity contribution in [3.63, 3.8) is 0 Å². The molecule has 6 aromatic rings. The van der Waals surface area contributed by atoms with E-state index in [4.69, 9.17) is 17.2 Å². The molecule has 0 bridgehead atoms. The fraction of sp³-hybridized carbons (Fsp3) is 0.356. The molecule has 0 radical (unpaired) electrons. The Kier molecular flexibility index (Phi) is 20.1. The summed E-state index contributed by atoms with van der Waals surface area (Å²) in [5.74, 6) is -3.32. The van der Waals surface area contributed by atoms with Gasteiger partial charge in [0.1, 0.15) is 23.9 Å². The summed E-state index contributed by atoms with van der Waals surface area (Å²) < 4.78 is 35.8. The fourth-order valence-corrected chi connectivity index (χ4v) is 10.8. The number of H-pyrrole nitrogens is 1. The number of aromatic nitrogens is 1. The number of guanidine groups is 1. The molecular formula is C59H71FN12O8S. The van der Waals surface area contributed by atoms with Gasteiger partial charge in [-0.3, -0.25) is 33.9 Å². The SMILES string of the molecule is NC(N)=NCCCC[C@H](NC(=O)[C@H](Cc1ccc(-c2ccccc2)cc1)NC(=O)[C@H](Cc1c[nH]c2ccc(O)cc12)NC(=O)[C@H]1CCC[C@H](N)C1)C(=O)NCC(=O)Nc1ccc(N2CCN(Cc3ccc(S(=O)(=O)F)cc3)CC2)cc1. The number of aromatic hydroxyl groups is 1. The largest absolute Gasteiger partial charge is 0.508 e. The molecule has 5 aromatic carbocycles. The number of benzene rings is 5. The van der Waals surface area contributed by atoms with E-state index in [1.165, 1.54) is 12.1 Å². The number of nitrogens with zero attached hydrogens (tertiary/aromatic N) is 3. The molecule has 5 atom stereocenters. The lowest BCUT2D eigenvalue weighted by atomic mass is 9.85. The Morgan fingerprint density at radius 3 is 2.09 bits per heavy atom. The van der Waals surface area contributed by atoms with Gasteiger partial charge in [-0.1, -0.05) is 73.2 Å². The molecule has 428 valence electrons. The lowest BCUT2D eigenvalue weighted by molar-refractivity contribution is -0.134. The highest BCUT2D eigenvalue weighted by molar-refractivity contribution is 7.86. The standard InChI is InChI=1S/C59H71FN12O8S/c60-81(79,80)48-23-14-39(15-24-48)37-71-27-29-72(30-28-71)46-20-18-45(19-21-46)67-54(74)36-66-56(76)51(11-4-5-26-64-59(62)63)68-57(77)52(31-38-12-16-41(17-13-38)40-7-2-1-3-8-40)70-58(78)53(69-55(75)42-9-6-10-44(61)32-42)33-43-35-65-50-25-22-47(73)34-49(43)50/h1-3,7-8,12-25,34-35,42,44,51-53,65,73H,4-6,9-11,26-33,36-37,61H2,(H,66,76)(H,67,74)(H,68,77)(H,69,75)(H,70,78)(H4,62,63,64)/t42-,44-,51-,52-,53-/m0/s1. The van der Waals surface area contributed by atoms with Crippen LogP contribution in [0.5, 0.6) is 5.75 Å². The molecule has 22 heteroatoms. The molecular weight excluding hydrogens is 1060 g/mol. The lowest BCUT2D eigenvalue weighted by Gasteiger charge is -2.36. The quantitative estimate of drug-likeness (QED) is 0.0173. The Balaban J connectivity index is 0.943. The zero-order valence-electron chi connectivity index (χ0n) is 45.0. The van der Waals surface area contributed by atoms with Crippen LogP contribution in [-0.4, -0.2) is 122 Å². The van der Waals surface area contributed by atoms with Crippen molar-refractivity contribution in [3.05, 3.63) is 144 Å². The molecule has 2 aliphatic rings. The first-order valence-corrected chi connectivity index (χ1v) is 28.7. The van der Waals surface area contributed by atoms with Crippen molar-refractivity contribution in [2.45, 2.75) is 93.4 Å². The van der Waals surface area contributed by atoms with Crippen molar-refractivity contribution >= 4 is 68.0 Å². The van der Waals surface area contributed by atoms with Crippen molar-refractivity contribution < 1.29 is 41.4 Å². The van der Waals surface area contributed by atoms with Crippen LogP contribution in [0.2, 0.25) is 0 Å². The molecule has 1 saturated heterocycles. The molecule has 81 heavy (non-hydrogen) atoms. The van der Waals surface area contributed by atoms with Crippen molar-refractivity contribution in [1.29, 1.82) is 0 Å². The average molecular weight is 1130 g/mol. The second kappa shape index (κ2) is 27.7. The van der Waals surface area contributed by atoms with E-state index in [0.29, 0.717) is 73.0 Å². The highest BCUT2D eigenvalue weighted by Gasteiger charge is 2.33. The van der Waals surface area contributed by atoms with E-state index in [2.05, 4.69) is 46.4 Å². The Morgan fingerprint density at radius 2 is 1.41 bits per heavy atom. The van der Waals surface area contributed by atoms with Crippen LogP contribution in [0.1, 0.15) is 61.6 Å². The predicted octanol–water partition coefficient (Wildman–Crippen LogP) is 4.48. The summed E-state index contributed by atoms with van der Waals surface area (Å²) in [6.07, 6.45) is 5.31. The Hall–Kier alpha value is -8.34. The van der Waals surface area contributed by atoms with E-state index in [1.54, 1.807) is 48.7 Å². The molecule has 20 nitrogen and oxygen atoms in total. The number of fused-ring (bicyclic) bond motifs is 1. The van der Waals surface area contributed by atoms with Crippen molar-refractivity contribution in [2.75, 3.05) is 49.5 Å². The summed E-state index contributed by atoms with van der Waals surface area (Å²) in [6, 6.07) is 31.4. The number of phenols is 1. The summed E-state index contributed by atoms with van der Waals surface area (Å²) in [4.78, 5) is 82.2. The third kappa shape index (κ3) is 17.1. The minimum absolute atomic E-state index is 0.00231. The first kappa shape index (κ1) is 58.8. The Labute approximate surface area is 470 Å². The smallest absolute Gasteiger partial charge is 0.332 e. The number of nitrogens with one attached hydrogen (secondary N) is 6. The zero-order valence-corrected chi connectivity index (χ0v) is 45.8. The highest BCUT2D eigenvalue weighted by atomic mass is 32.3. The molecule has 1 aliphatic heterocycles. The molecule has 5 amide bonds. The van der Waals surface area contributed by atoms with Gasteiger partial charge in [0.05, 0.1) is 11.4 Å². The van der Waals surface area contributed by atoms with Crippen LogP contribution in [0, 0.1) is 5.92 Å². The van der Waals surface area contributed by atoms with Crippen molar-refractivity contribution in [3.8, 4) is 16.9 Å². The van der Waals surface area contributed by atoms with Crippen LogP contribution in [0.15, 0.2) is 137 Å². The summed E-state index contributed by atoms with van der Waals surface area (Å²) in [5, 5.41) is 25.3. The first-order chi connectivity index (χ1) is 38.9. The molecule has 0 spiro atoms.